The van der Waals surface area contributed by atoms with Crippen LogP contribution in [0.4, 0.5) is 0 Å². The summed E-state index contributed by atoms with van der Waals surface area (Å²) >= 11 is 0. The second-order valence-electron chi connectivity index (χ2n) is 5.63. The number of carbonyl (C=O) groups excluding carboxylic acids is 1. The molecule has 0 bridgehead atoms. The lowest BCUT2D eigenvalue weighted by molar-refractivity contribution is -0.143. The lowest BCUT2D eigenvalue weighted by Gasteiger charge is -2.31. The van der Waals surface area contributed by atoms with Crippen LogP contribution < -0.4 is 0 Å². The van der Waals surface area contributed by atoms with Gasteiger partial charge in [0.2, 0.25) is 5.76 Å². The molecule has 1 aliphatic rings. The van der Waals surface area contributed by atoms with Crippen molar-refractivity contribution in [1.29, 1.82) is 0 Å². The maximum absolute atomic E-state index is 12.3. The van der Waals surface area contributed by atoms with Crippen LogP contribution in [0.5, 0.6) is 0 Å². The van der Waals surface area contributed by atoms with E-state index in [1.807, 2.05) is 0 Å². The van der Waals surface area contributed by atoms with Crippen molar-refractivity contribution in [3.8, 4) is 0 Å². The SMILES string of the molecule is CC(C)Cc1cc(C(=O)N2CCCCC2C(=O)O)on1. The normalized spacial score (nSPS) is 19.4. The second-order valence-corrected chi connectivity index (χ2v) is 5.63. The summed E-state index contributed by atoms with van der Waals surface area (Å²) in [6.07, 6.45) is 2.88. The molecule has 1 unspecified atom stereocenters. The Morgan fingerprint density at radius 1 is 1.50 bits per heavy atom. The van der Waals surface area contributed by atoms with E-state index >= 15 is 0 Å². The average molecular weight is 280 g/mol. The first-order valence-corrected chi connectivity index (χ1v) is 6.98. The van der Waals surface area contributed by atoms with E-state index < -0.39 is 12.0 Å². The molecule has 110 valence electrons. The van der Waals surface area contributed by atoms with Crippen molar-refractivity contribution >= 4 is 11.9 Å². The number of rotatable bonds is 4. The van der Waals surface area contributed by atoms with Gasteiger partial charge in [-0.05, 0) is 31.6 Å². The lowest BCUT2D eigenvalue weighted by atomic mass is 10.0. The number of carbonyl (C=O) groups is 2. The van der Waals surface area contributed by atoms with E-state index in [-0.39, 0.29) is 11.7 Å². The molecular weight excluding hydrogens is 260 g/mol. The number of likely N-dealkylation sites (tertiary alicyclic amines) is 1. The monoisotopic (exact) mass is 280 g/mol. The van der Waals surface area contributed by atoms with Crippen molar-refractivity contribution in [3.05, 3.63) is 17.5 Å². The van der Waals surface area contributed by atoms with Crippen molar-refractivity contribution in [2.24, 2.45) is 5.92 Å². The fraction of sp³-hybridized carbons (Fsp3) is 0.643. The molecule has 2 rings (SSSR count). The third kappa shape index (κ3) is 3.18. The molecule has 1 saturated heterocycles. The van der Waals surface area contributed by atoms with Gasteiger partial charge in [0.1, 0.15) is 6.04 Å². The number of hydrogen-bond donors (Lipinski definition) is 1. The molecule has 6 heteroatoms. The largest absolute Gasteiger partial charge is 0.480 e. The number of aliphatic carboxylic acids is 1. The molecule has 1 aromatic rings. The number of aromatic nitrogens is 1. The molecule has 6 nitrogen and oxygen atoms in total. The Kier molecular flexibility index (Phi) is 4.42. The van der Waals surface area contributed by atoms with Crippen LogP contribution in [0.15, 0.2) is 10.6 Å². The Morgan fingerprint density at radius 2 is 2.25 bits per heavy atom. The van der Waals surface area contributed by atoms with Crippen LogP contribution in [0.25, 0.3) is 0 Å². The zero-order valence-electron chi connectivity index (χ0n) is 11.8. The summed E-state index contributed by atoms with van der Waals surface area (Å²) in [4.78, 5) is 24.9. The Hall–Kier alpha value is -1.85. The summed E-state index contributed by atoms with van der Waals surface area (Å²) in [7, 11) is 0. The van der Waals surface area contributed by atoms with E-state index in [0.29, 0.717) is 18.9 Å². The molecule has 2 heterocycles. The summed E-state index contributed by atoms with van der Waals surface area (Å²) in [5.41, 5.74) is 0.729. The standard InChI is InChI=1S/C14H20N2O4/c1-9(2)7-10-8-12(20-15-10)13(17)16-6-4-3-5-11(16)14(18)19/h8-9,11H,3-7H2,1-2H3,(H,18,19). The maximum atomic E-state index is 12.3. The minimum atomic E-state index is -0.958. The molecule has 0 radical (unpaired) electrons. The molecule has 0 saturated carbocycles. The van der Waals surface area contributed by atoms with Crippen LogP contribution in [0.2, 0.25) is 0 Å². The van der Waals surface area contributed by atoms with Gasteiger partial charge < -0.3 is 14.5 Å². The third-order valence-electron chi connectivity index (χ3n) is 3.44. The van der Waals surface area contributed by atoms with E-state index in [0.717, 1.165) is 25.0 Å². The summed E-state index contributed by atoms with van der Waals surface area (Å²) in [6, 6.07) is 0.866. The Morgan fingerprint density at radius 3 is 2.90 bits per heavy atom. The third-order valence-corrected chi connectivity index (χ3v) is 3.44. The summed E-state index contributed by atoms with van der Waals surface area (Å²) in [6.45, 7) is 4.57. The van der Waals surface area contributed by atoms with Crippen molar-refractivity contribution < 1.29 is 19.2 Å². The molecule has 1 N–H and O–H groups in total. The number of piperidine rings is 1. The highest BCUT2D eigenvalue weighted by Gasteiger charge is 2.34. The van der Waals surface area contributed by atoms with Gasteiger partial charge in [0, 0.05) is 12.6 Å². The van der Waals surface area contributed by atoms with E-state index in [2.05, 4.69) is 19.0 Å². The van der Waals surface area contributed by atoms with E-state index in [1.54, 1.807) is 6.07 Å². The molecule has 0 spiro atoms. The van der Waals surface area contributed by atoms with Crippen molar-refractivity contribution in [3.63, 3.8) is 0 Å². The van der Waals surface area contributed by atoms with Gasteiger partial charge in [-0.3, -0.25) is 4.79 Å². The van der Waals surface area contributed by atoms with Gasteiger partial charge >= 0.3 is 5.97 Å². The summed E-state index contributed by atoms with van der Waals surface area (Å²) in [5.74, 6) is -0.779. The molecule has 20 heavy (non-hydrogen) atoms. The zero-order chi connectivity index (χ0) is 14.7. The second kappa shape index (κ2) is 6.07. The Balaban J connectivity index is 2.12. The molecular formula is C14H20N2O4. The van der Waals surface area contributed by atoms with Gasteiger partial charge in [-0.15, -0.1) is 0 Å². The number of carboxylic acids is 1. The average Bonchev–Trinajstić information content (AvgIpc) is 2.85. The molecule has 1 aromatic heterocycles. The summed E-state index contributed by atoms with van der Waals surface area (Å²) in [5, 5.41) is 13.1. The van der Waals surface area contributed by atoms with Crippen LogP contribution in [-0.4, -0.2) is 39.6 Å². The summed E-state index contributed by atoms with van der Waals surface area (Å²) < 4.78 is 5.07. The molecule has 0 aromatic carbocycles. The number of hydrogen-bond acceptors (Lipinski definition) is 4. The molecule has 0 aliphatic carbocycles. The van der Waals surface area contributed by atoms with Crippen LogP contribution in [0.3, 0.4) is 0 Å². The van der Waals surface area contributed by atoms with Gasteiger partial charge in [0.05, 0.1) is 5.69 Å². The fourth-order valence-corrected chi connectivity index (χ4v) is 2.50. The topological polar surface area (TPSA) is 83.6 Å². The smallest absolute Gasteiger partial charge is 0.326 e. The van der Waals surface area contributed by atoms with Gasteiger partial charge in [0.25, 0.3) is 5.91 Å². The predicted molar refractivity (Wildman–Crippen MR) is 71.4 cm³/mol. The van der Waals surface area contributed by atoms with Crippen LogP contribution >= 0.6 is 0 Å². The first kappa shape index (κ1) is 14.6. The van der Waals surface area contributed by atoms with Gasteiger partial charge in [-0.1, -0.05) is 19.0 Å². The van der Waals surface area contributed by atoms with Crippen LogP contribution in [0.1, 0.15) is 49.4 Å². The van der Waals surface area contributed by atoms with E-state index in [1.165, 1.54) is 4.90 Å². The minimum absolute atomic E-state index is 0.133. The van der Waals surface area contributed by atoms with Gasteiger partial charge in [-0.2, -0.15) is 0 Å². The number of carboxylic acid groups (broad SMARTS) is 1. The Bertz CT molecular complexity index is 495. The molecule has 1 amide bonds. The quantitative estimate of drug-likeness (QED) is 0.911. The Labute approximate surface area is 117 Å². The maximum Gasteiger partial charge on any atom is 0.326 e. The van der Waals surface area contributed by atoms with Crippen LogP contribution in [0, 0.1) is 5.92 Å². The van der Waals surface area contributed by atoms with E-state index in [9.17, 15) is 14.7 Å². The van der Waals surface area contributed by atoms with Gasteiger partial charge in [0.15, 0.2) is 0 Å². The van der Waals surface area contributed by atoms with Crippen molar-refractivity contribution in [2.45, 2.75) is 45.6 Å². The molecule has 1 aliphatic heterocycles. The lowest BCUT2D eigenvalue weighted by Crippen LogP contribution is -2.47. The van der Waals surface area contributed by atoms with E-state index in [4.69, 9.17) is 4.52 Å². The molecule has 1 atom stereocenters. The highest BCUT2D eigenvalue weighted by molar-refractivity contribution is 5.94. The van der Waals surface area contributed by atoms with Gasteiger partial charge in [-0.25, -0.2) is 4.79 Å². The minimum Gasteiger partial charge on any atom is -0.480 e. The van der Waals surface area contributed by atoms with Crippen LogP contribution in [-0.2, 0) is 11.2 Å². The zero-order valence-corrected chi connectivity index (χ0v) is 11.8. The predicted octanol–water partition coefficient (Wildman–Crippen LogP) is 1.95. The fourth-order valence-electron chi connectivity index (χ4n) is 2.50. The number of amides is 1. The van der Waals surface area contributed by atoms with Crippen molar-refractivity contribution in [1.82, 2.24) is 10.1 Å². The number of nitrogens with zero attached hydrogens (tertiary/aromatic N) is 2. The highest BCUT2D eigenvalue weighted by Crippen LogP contribution is 2.20. The molecule has 1 fully saturated rings. The first-order valence-electron chi connectivity index (χ1n) is 6.98. The highest BCUT2D eigenvalue weighted by atomic mass is 16.5. The first-order chi connectivity index (χ1) is 9.49. The van der Waals surface area contributed by atoms with Crippen molar-refractivity contribution in [2.75, 3.05) is 6.54 Å².